The summed E-state index contributed by atoms with van der Waals surface area (Å²) in [5, 5.41) is 16.2. The summed E-state index contributed by atoms with van der Waals surface area (Å²) in [6.07, 6.45) is -2.89. The highest BCUT2D eigenvalue weighted by Gasteiger charge is 2.30. The number of alkyl halides is 3. The van der Waals surface area contributed by atoms with Crippen LogP contribution in [0.3, 0.4) is 0 Å². The average molecular weight is 441 g/mol. The molecule has 0 saturated carbocycles. The van der Waals surface area contributed by atoms with Crippen LogP contribution in [-0.4, -0.2) is 32.7 Å². The maximum atomic E-state index is 12.7. The molecule has 1 aromatic carbocycles. The van der Waals surface area contributed by atoms with E-state index in [0.29, 0.717) is 0 Å². The lowest BCUT2D eigenvalue weighted by molar-refractivity contribution is -0.137. The number of hydrazone groups is 1. The van der Waals surface area contributed by atoms with Gasteiger partial charge >= 0.3 is 6.18 Å². The number of halogens is 3. The van der Waals surface area contributed by atoms with E-state index in [1.165, 1.54) is 23.5 Å². The summed E-state index contributed by atoms with van der Waals surface area (Å²) in [7, 11) is 0. The number of thioether (sulfide) groups is 1. The van der Waals surface area contributed by atoms with Crippen molar-refractivity contribution in [3.05, 3.63) is 52.2 Å². The summed E-state index contributed by atoms with van der Waals surface area (Å²) in [6.45, 7) is 0. The molecule has 0 aliphatic carbocycles. The van der Waals surface area contributed by atoms with Gasteiger partial charge in [-0.2, -0.15) is 18.3 Å². The number of amides is 1. The van der Waals surface area contributed by atoms with Crippen molar-refractivity contribution in [2.24, 2.45) is 5.10 Å². The molecule has 3 aromatic rings. The van der Waals surface area contributed by atoms with E-state index in [-0.39, 0.29) is 22.5 Å². The van der Waals surface area contributed by atoms with Gasteiger partial charge in [-0.3, -0.25) is 4.79 Å². The Kier molecular flexibility index (Phi) is 6.39. The van der Waals surface area contributed by atoms with Crippen molar-refractivity contribution >= 4 is 46.9 Å². The second kappa shape index (κ2) is 8.96. The summed E-state index contributed by atoms with van der Waals surface area (Å²) >= 11 is 2.48. The van der Waals surface area contributed by atoms with Gasteiger partial charge in [0.25, 0.3) is 5.95 Å². The molecular formula is C16H14F3N7OS2. The fraction of sp³-hybridized carbons (Fsp3) is 0.125. The molecule has 8 nitrogen and oxygen atoms in total. The molecule has 3 rings (SSSR count). The second-order valence-electron chi connectivity index (χ2n) is 5.48. The number of nitrogens with zero attached hydrogens (tertiary/aromatic N) is 4. The topological polar surface area (TPSA) is 110 Å². The van der Waals surface area contributed by atoms with E-state index >= 15 is 0 Å². The van der Waals surface area contributed by atoms with Crippen LogP contribution in [0, 0.1) is 0 Å². The smallest absolute Gasteiger partial charge is 0.334 e. The fourth-order valence-corrected chi connectivity index (χ4v) is 3.31. The Hall–Kier alpha value is -3.06. The van der Waals surface area contributed by atoms with Crippen LogP contribution < -0.4 is 16.6 Å². The number of aromatic nitrogens is 3. The molecular weight excluding hydrogens is 427 g/mol. The number of nitrogens with one attached hydrogen (secondary N) is 2. The summed E-state index contributed by atoms with van der Waals surface area (Å²) in [6, 6.07) is 8.15. The number of nitrogens with two attached hydrogens (primary N) is 1. The quantitative estimate of drug-likeness (QED) is 0.225. The highest BCUT2D eigenvalue weighted by atomic mass is 32.2. The number of rotatable bonds is 7. The van der Waals surface area contributed by atoms with E-state index in [1.807, 2.05) is 17.5 Å². The van der Waals surface area contributed by atoms with Crippen LogP contribution in [0.25, 0.3) is 0 Å². The van der Waals surface area contributed by atoms with E-state index in [4.69, 9.17) is 5.84 Å². The van der Waals surface area contributed by atoms with Crippen LogP contribution in [0.5, 0.6) is 0 Å². The Morgan fingerprint density at radius 3 is 2.86 bits per heavy atom. The molecule has 2 aromatic heterocycles. The van der Waals surface area contributed by atoms with Gasteiger partial charge in [0.2, 0.25) is 11.1 Å². The van der Waals surface area contributed by atoms with Crippen LogP contribution in [0.1, 0.15) is 10.4 Å². The minimum atomic E-state index is -4.49. The minimum Gasteiger partial charge on any atom is -0.334 e. The summed E-state index contributed by atoms with van der Waals surface area (Å²) in [5.41, 5.74) is 1.84. The summed E-state index contributed by atoms with van der Waals surface area (Å²) in [4.78, 5) is 13.0. The van der Waals surface area contributed by atoms with Crippen molar-refractivity contribution in [3.8, 4) is 0 Å². The first-order valence-electron chi connectivity index (χ1n) is 7.96. The monoisotopic (exact) mass is 441 g/mol. The first kappa shape index (κ1) is 20.7. The molecule has 0 bridgehead atoms. The molecule has 0 unspecified atom stereocenters. The SMILES string of the molecule is Nn1c(N/N=C/c2cccs2)nnc1SCC(=O)Nc1cccc(C(F)(F)F)c1. The van der Waals surface area contributed by atoms with E-state index in [1.54, 1.807) is 6.21 Å². The lowest BCUT2D eigenvalue weighted by Gasteiger charge is -2.09. The Bertz CT molecular complexity index is 1000. The molecule has 2 heterocycles. The molecule has 29 heavy (non-hydrogen) atoms. The van der Waals surface area contributed by atoms with E-state index in [9.17, 15) is 18.0 Å². The standard InChI is InChI=1S/C16H14F3N7OS2/c17-16(18,19)10-3-1-4-11(7-10)22-13(27)9-29-15-25-24-14(26(15)20)23-21-8-12-5-2-6-28-12/h1-8H,9,20H2,(H,22,27)(H,23,24)/b21-8+. The summed E-state index contributed by atoms with van der Waals surface area (Å²) < 4.78 is 39.3. The second-order valence-corrected chi connectivity index (χ2v) is 7.40. The zero-order valence-electron chi connectivity index (χ0n) is 14.6. The van der Waals surface area contributed by atoms with Crippen LogP contribution in [0.4, 0.5) is 24.8 Å². The molecule has 13 heteroatoms. The number of carbonyl (C=O) groups is 1. The van der Waals surface area contributed by atoms with E-state index in [2.05, 4.69) is 26.0 Å². The third-order valence-corrected chi connectivity index (χ3v) is 5.12. The van der Waals surface area contributed by atoms with Crippen molar-refractivity contribution in [1.29, 1.82) is 0 Å². The lowest BCUT2D eigenvalue weighted by Crippen LogP contribution is -2.17. The fourth-order valence-electron chi connectivity index (χ4n) is 2.07. The van der Waals surface area contributed by atoms with Gasteiger partial charge in [0.15, 0.2) is 0 Å². The molecule has 0 fully saturated rings. The number of hydrogen-bond acceptors (Lipinski definition) is 8. The molecule has 152 valence electrons. The predicted octanol–water partition coefficient (Wildman–Crippen LogP) is 3.25. The molecule has 0 atom stereocenters. The van der Waals surface area contributed by atoms with Crippen molar-refractivity contribution in [2.75, 3.05) is 22.3 Å². The molecule has 0 aliphatic rings. The maximum Gasteiger partial charge on any atom is 0.416 e. The van der Waals surface area contributed by atoms with Crippen molar-refractivity contribution in [1.82, 2.24) is 14.9 Å². The van der Waals surface area contributed by atoms with Crippen LogP contribution in [-0.2, 0) is 11.0 Å². The van der Waals surface area contributed by atoms with E-state index in [0.717, 1.165) is 33.4 Å². The van der Waals surface area contributed by atoms with Gasteiger partial charge in [0, 0.05) is 10.6 Å². The highest BCUT2D eigenvalue weighted by molar-refractivity contribution is 7.99. The van der Waals surface area contributed by atoms with Crippen LogP contribution in [0.15, 0.2) is 52.0 Å². The van der Waals surface area contributed by atoms with Crippen LogP contribution >= 0.6 is 23.1 Å². The average Bonchev–Trinajstić information content (AvgIpc) is 3.30. The van der Waals surface area contributed by atoms with Crippen molar-refractivity contribution < 1.29 is 18.0 Å². The molecule has 4 N–H and O–H groups in total. The Morgan fingerprint density at radius 1 is 1.31 bits per heavy atom. The zero-order chi connectivity index (χ0) is 20.9. The number of carbonyl (C=O) groups excluding carboxylic acids is 1. The Balaban J connectivity index is 1.53. The van der Waals surface area contributed by atoms with Gasteiger partial charge in [-0.1, -0.05) is 23.9 Å². The molecule has 0 spiro atoms. The predicted molar refractivity (Wildman–Crippen MR) is 107 cm³/mol. The highest BCUT2D eigenvalue weighted by Crippen LogP contribution is 2.30. The van der Waals surface area contributed by atoms with Crippen molar-refractivity contribution in [2.45, 2.75) is 11.3 Å². The third-order valence-electron chi connectivity index (χ3n) is 3.37. The first-order valence-corrected chi connectivity index (χ1v) is 9.82. The van der Waals surface area contributed by atoms with Gasteiger partial charge in [-0.05, 0) is 29.6 Å². The van der Waals surface area contributed by atoms with E-state index < -0.39 is 17.6 Å². The first-order chi connectivity index (χ1) is 13.8. The molecule has 0 aliphatic heterocycles. The largest absolute Gasteiger partial charge is 0.416 e. The van der Waals surface area contributed by atoms with Crippen molar-refractivity contribution in [3.63, 3.8) is 0 Å². The van der Waals surface area contributed by atoms with Gasteiger partial charge < -0.3 is 11.2 Å². The Morgan fingerprint density at radius 2 is 2.14 bits per heavy atom. The zero-order valence-corrected chi connectivity index (χ0v) is 16.2. The normalized spacial score (nSPS) is 11.7. The molecule has 0 radical (unpaired) electrons. The molecule has 1 amide bonds. The number of nitrogen functional groups attached to an aromatic ring is 1. The number of anilines is 2. The maximum absolute atomic E-state index is 12.7. The molecule has 0 saturated heterocycles. The van der Waals surface area contributed by atoms with Gasteiger partial charge in [-0.15, -0.1) is 21.5 Å². The number of hydrogen-bond donors (Lipinski definition) is 3. The van der Waals surface area contributed by atoms with Gasteiger partial charge in [-0.25, -0.2) is 10.1 Å². The lowest BCUT2D eigenvalue weighted by atomic mass is 10.2. The number of thiophene rings is 1. The van der Waals surface area contributed by atoms with Gasteiger partial charge in [0.1, 0.15) is 0 Å². The third kappa shape index (κ3) is 5.71. The summed E-state index contributed by atoms with van der Waals surface area (Å²) in [5.74, 6) is 5.38. The van der Waals surface area contributed by atoms with Gasteiger partial charge in [0.05, 0.1) is 17.5 Å². The van der Waals surface area contributed by atoms with Crippen LogP contribution in [0.2, 0.25) is 0 Å². The minimum absolute atomic E-state index is 0.0462. The number of benzene rings is 1. The Labute approximate surface area is 171 Å².